The first-order chi connectivity index (χ1) is 10.3. The Kier molecular flexibility index (Phi) is 3.69. The van der Waals surface area contributed by atoms with Crippen LogP contribution in [0.5, 0.6) is 5.75 Å². The van der Waals surface area contributed by atoms with E-state index < -0.39 is 0 Å². The van der Waals surface area contributed by atoms with Crippen LogP contribution in [0.1, 0.15) is 12.7 Å². The number of methoxy groups -OCH3 is 1. The minimum absolute atomic E-state index is 0.828. The van der Waals surface area contributed by atoms with E-state index in [0.29, 0.717) is 0 Å². The van der Waals surface area contributed by atoms with E-state index in [1.54, 1.807) is 7.11 Å². The number of benzene rings is 2. The van der Waals surface area contributed by atoms with Crippen molar-refractivity contribution < 1.29 is 4.74 Å². The fourth-order valence-corrected chi connectivity index (χ4v) is 2.33. The molecule has 1 heterocycles. The van der Waals surface area contributed by atoms with Gasteiger partial charge in [-0.25, -0.2) is 4.98 Å². The first-order valence-electron chi connectivity index (χ1n) is 6.95. The number of para-hydroxylation sites is 2. The number of aryl methyl sites for hydroxylation is 1. The third-order valence-electron chi connectivity index (χ3n) is 3.40. The molecule has 2 aromatic carbocycles. The molecule has 0 unspecified atom stereocenters. The third-order valence-corrected chi connectivity index (χ3v) is 3.40. The maximum atomic E-state index is 5.14. The number of aliphatic imine (C=N–C) groups is 1. The van der Waals surface area contributed by atoms with Gasteiger partial charge in [-0.3, -0.25) is 4.99 Å². The number of ether oxygens (including phenoxy) is 1. The molecule has 0 bridgehead atoms. The first-order valence-corrected chi connectivity index (χ1v) is 6.95. The average Bonchev–Trinajstić information content (AvgIpc) is 2.91. The van der Waals surface area contributed by atoms with Crippen molar-refractivity contribution >= 4 is 22.9 Å². The molecular weight excluding hydrogens is 262 g/mol. The SMILES string of the molecule is CCn1c(C=Nc2ccc(OC)cc2)nc2ccccc21. The molecule has 0 aliphatic carbocycles. The molecule has 0 saturated heterocycles. The summed E-state index contributed by atoms with van der Waals surface area (Å²) in [4.78, 5) is 9.11. The zero-order valence-corrected chi connectivity index (χ0v) is 12.2. The summed E-state index contributed by atoms with van der Waals surface area (Å²) in [6.45, 7) is 2.98. The van der Waals surface area contributed by atoms with Crippen LogP contribution >= 0.6 is 0 Å². The second kappa shape index (κ2) is 5.79. The lowest BCUT2D eigenvalue weighted by Crippen LogP contribution is -2.00. The van der Waals surface area contributed by atoms with Crippen LogP contribution in [0.15, 0.2) is 53.5 Å². The summed E-state index contributed by atoms with van der Waals surface area (Å²) in [5.41, 5.74) is 3.01. The summed E-state index contributed by atoms with van der Waals surface area (Å²) in [6.07, 6.45) is 1.81. The van der Waals surface area contributed by atoms with Crippen molar-refractivity contribution in [2.45, 2.75) is 13.5 Å². The molecule has 0 spiro atoms. The van der Waals surface area contributed by atoms with Crippen LogP contribution in [0.25, 0.3) is 11.0 Å². The van der Waals surface area contributed by atoms with E-state index >= 15 is 0 Å². The number of fused-ring (bicyclic) bond motifs is 1. The smallest absolute Gasteiger partial charge is 0.152 e. The Hall–Kier alpha value is -2.62. The summed E-state index contributed by atoms with van der Waals surface area (Å²) < 4.78 is 7.30. The molecule has 0 aliphatic rings. The molecular formula is C17H17N3O. The van der Waals surface area contributed by atoms with E-state index in [4.69, 9.17) is 4.74 Å². The van der Waals surface area contributed by atoms with Gasteiger partial charge >= 0.3 is 0 Å². The fraction of sp³-hybridized carbons (Fsp3) is 0.176. The molecule has 0 fully saturated rings. The Bertz CT molecular complexity index is 772. The van der Waals surface area contributed by atoms with E-state index in [1.807, 2.05) is 48.7 Å². The zero-order chi connectivity index (χ0) is 14.7. The number of rotatable bonds is 4. The Balaban J connectivity index is 1.94. The fourth-order valence-electron chi connectivity index (χ4n) is 2.33. The topological polar surface area (TPSA) is 39.4 Å². The Morgan fingerprint density at radius 3 is 2.62 bits per heavy atom. The molecule has 0 radical (unpaired) electrons. The number of nitrogens with zero attached hydrogens (tertiary/aromatic N) is 3. The summed E-state index contributed by atoms with van der Waals surface area (Å²) in [7, 11) is 1.65. The van der Waals surface area contributed by atoms with Crippen molar-refractivity contribution in [3.8, 4) is 5.75 Å². The maximum absolute atomic E-state index is 5.14. The van der Waals surface area contributed by atoms with Crippen LogP contribution in [0.2, 0.25) is 0 Å². The Morgan fingerprint density at radius 2 is 1.90 bits per heavy atom. The van der Waals surface area contributed by atoms with E-state index in [1.165, 1.54) is 0 Å². The van der Waals surface area contributed by atoms with E-state index in [0.717, 1.165) is 34.8 Å². The van der Waals surface area contributed by atoms with Crippen molar-refractivity contribution in [3.63, 3.8) is 0 Å². The van der Waals surface area contributed by atoms with Crippen molar-refractivity contribution in [1.29, 1.82) is 0 Å². The highest BCUT2D eigenvalue weighted by atomic mass is 16.5. The van der Waals surface area contributed by atoms with Crippen LogP contribution < -0.4 is 4.74 Å². The number of hydrogen-bond acceptors (Lipinski definition) is 3. The minimum atomic E-state index is 0.828. The lowest BCUT2D eigenvalue weighted by Gasteiger charge is -2.02. The molecule has 0 N–H and O–H groups in total. The van der Waals surface area contributed by atoms with Crippen molar-refractivity contribution in [1.82, 2.24) is 9.55 Å². The highest BCUT2D eigenvalue weighted by Gasteiger charge is 2.06. The van der Waals surface area contributed by atoms with Gasteiger partial charge in [0.25, 0.3) is 0 Å². The summed E-state index contributed by atoms with van der Waals surface area (Å²) in [5.74, 6) is 1.70. The molecule has 21 heavy (non-hydrogen) atoms. The van der Waals surface area contributed by atoms with Crippen molar-refractivity contribution in [2.75, 3.05) is 7.11 Å². The molecule has 0 saturated carbocycles. The first kappa shape index (κ1) is 13.4. The molecule has 4 heteroatoms. The van der Waals surface area contributed by atoms with Crippen molar-refractivity contribution in [3.05, 3.63) is 54.4 Å². The second-order valence-corrected chi connectivity index (χ2v) is 4.66. The van der Waals surface area contributed by atoms with Gasteiger partial charge in [0.15, 0.2) is 5.82 Å². The van der Waals surface area contributed by atoms with Gasteiger partial charge in [-0.1, -0.05) is 12.1 Å². The average molecular weight is 279 g/mol. The summed E-state index contributed by atoms with van der Waals surface area (Å²) in [6, 6.07) is 15.8. The van der Waals surface area contributed by atoms with Gasteiger partial charge in [0.1, 0.15) is 5.75 Å². The highest BCUT2D eigenvalue weighted by Crippen LogP contribution is 2.19. The van der Waals surface area contributed by atoms with Gasteiger partial charge in [0.05, 0.1) is 30.0 Å². The monoisotopic (exact) mass is 279 g/mol. The van der Waals surface area contributed by atoms with Crippen LogP contribution in [0.3, 0.4) is 0 Å². The molecule has 1 aromatic heterocycles. The van der Waals surface area contributed by atoms with Crippen LogP contribution in [-0.4, -0.2) is 22.9 Å². The minimum Gasteiger partial charge on any atom is -0.497 e. The number of imidazole rings is 1. The summed E-state index contributed by atoms with van der Waals surface area (Å²) in [5, 5.41) is 0. The van der Waals surface area contributed by atoms with E-state index in [-0.39, 0.29) is 0 Å². The second-order valence-electron chi connectivity index (χ2n) is 4.66. The van der Waals surface area contributed by atoms with E-state index in [2.05, 4.69) is 27.5 Å². The molecule has 3 rings (SSSR count). The predicted octanol–water partition coefficient (Wildman–Crippen LogP) is 3.82. The molecule has 4 nitrogen and oxygen atoms in total. The molecule has 106 valence electrons. The Morgan fingerprint density at radius 1 is 1.14 bits per heavy atom. The quantitative estimate of drug-likeness (QED) is 0.681. The molecule has 0 amide bonds. The molecule has 3 aromatic rings. The van der Waals surface area contributed by atoms with Gasteiger partial charge in [0, 0.05) is 6.54 Å². The zero-order valence-electron chi connectivity index (χ0n) is 12.2. The molecule has 0 atom stereocenters. The third kappa shape index (κ3) is 2.65. The predicted molar refractivity (Wildman–Crippen MR) is 85.7 cm³/mol. The van der Waals surface area contributed by atoms with Gasteiger partial charge in [-0.05, 0) is 43.3 Å². The Labute approximate surface area is 123 Å². The van der Waals surface area contributed by atoms with Crippen molar-refractivity contribution in [2.24, 2.45) is 4.99 Å². The highest BCUT2D eigenvalue weighted by molar-refractivity contribution is 5.86. The van der Waals surface area contributed by atoms with Gasteiger partial charge in [-0.2, -0.15) is 0 Å². The maximum Gasteiger partial charge on any atom is 0.152 e. The molecule has 0 aliphatic heterocycles. The van der Waals surface area contributed by atoms with Crippen LogP contribution in [0.4, 0.5) is 5.69 Å². The van der Waals surface area contributed by atoms with Crippen LogP contribution in [0, 0.1) is 0 Å². The largest absolute Gasteiger partial charge is 0.497 e. The normalized spacial score (nSPS) is 11.3. The lowest BCUT2D eigenvalue weighted by atomic mass is 10.3. The van der Waals surface area contributed by atoms with Gasteiger partial charge < -0.3 is 9.30 Å². The van der Waals surface area contributed by atoms with E-state index in [9.17, 15) is 0 Å². The number of aromatic nitrogens is 2. The number of hydrogen-bond donors (Lipinski definition) is 0. The van der Waals surface area contributed by atoms with Gasteiger partial charge in [0.2, 0.25) is 0 Å². The van der Waals surface area contributed by atoms with Gasteiger partial charge in [-0.15, -0.1) is 0 Å². The lowest BCUT2D eigenvalue weighted by molar-refractivity contribution is 0.415. The summed E-state index contributed by atoms with van der Waals surface area (Å²) >= 11 is 0. The standard InChI is InChI=1S/C17H17N3O/c1-3-20-16-7-5-4-6-15(16)19-17(20)12-18-13-8-10-14(21-2)11-9-13/h4-12H,3H2,1-2H3. The van der Waals surface area contributed by atoms with Crippen LogP contribution in [-0.2, 0) is 6.54 Å².